The fourth-order valence-electron chi connectivity index (χ4n) is 2.94. The normalized spacial score (nSPS) is 17.2. The number of ether oxygens (including phenoxy) is 1. The van der Waals surface area contributed by atoms with Gasteiger partial charge in [-0.05, 0) is 42.5 Å². The first-order valence-corrected chi connectivity index (χ1v) is 9.00. The molecule has 4 rings (SSSR count). The molecular weight excluding hydrogens is 343 g/mol. The highest BCUT2D eigenvalue weighted by Gasteiger charge is 2.22. The maximum absolute atomic E-state index is 13.4. The number of aryl methyl sites for hydroxylation is 1. The predicted octanol–water partition coefficient (Wildman–Crippen LogP) is 3.51. The number of amides is 1. The van der Waals surface area contributed by atoms with Crippen LogP contribution in [-0.4, -0.2) is 27.3 Å². The van der Waals surface area contributed by atoms with Gasteiger partial charge >= 0.3 is 0 Å². The Morgan fingerprint density at radius 1 is 1.40 bits per heavy atom. The number of nitrogens with zero attached hydrogens (tertiary/aromatic N) is 3. The molecule has 8 heteroatoms. The Balaban J connectivity index is 1.36. The van der Waals surface area contributed by atoms with E-state index in [0.29, 0.717) is 11.7 Å². The molecule has 1 atom stereocenters. The number of hydrogen-bond donors (Lipinski definition) is 1. The second-order valence-corrected chi connectivity index (χ2v) is 6.97. The van der Waals surface area contributed by atoms with Gasteiger partial charge in [0.2, 0.25) is 11.0 Å². The molecule has 3 aromatic rings. The van der Waals surface area contributed by atoms with Crippen LogP contribution >= 0.6 is 11.3 Å². The van der Waals surface area contributed by atoms with Gasteiger partial charge in [0.1, 0.15) is 16.9 Å². The molecule has 6 nitrogen and oxygen atoms in total. The third-order valence-electron chi connectivity index (χ3n) is 4.21. The Morgan fingerprint density at radius 3 is 3.16 bits per heavy atom. The summed E-state index contributed by atoms with van der Waals surface area (Å²) >= 11 is 1.35. The van der Waals surface area contributed by atoms with E-state index in [9.17, 15) is 9.18 Å². The second kappa shape index (κ2) is 6.89. The summed E-state index contributed by atoms with van der Waals surface area (Å²) in [5.41, 5.74) is 0.782. The van der Waals surface area contributed by atoms with E-state index >= 15 is 0 Å². The van der Waals surface area contributed by atoms with Crippen LogP contribution in [0.2, 0.25) is 0 Å². The minimum absolute atomic E-state index is 0.00397. The number of hydrogen-bond acceptors (Lipinski definition) is 5. The molecule has 1 aliphatic heterocycles. The topological polar surface area (TPSA) is 69.0 Å². The van der Waals surface area contributed by atoms with Crippen LogP contribution in [-0.2, 0) is 16.1 Å². The minimum Gasteiger partial charge on any atom is -0.371 e. The summed E-state index contributed by atoms with van der Waals surface area (Å²) in [6.45, 7) is 1.22. The van der Waals surface area contributed by atoms with Crippen molar-refractivity contribution in [2.75, 3.05) is 11.9 Å². The molecule has 0 saturated carbocycles. The van der Waals surface area contributed by atoms with Crippen LogP contribution in [0, 0.1) is 5.82 Å². The molecule has 25 heavy (non-hydrogen) atoms. The maximum atomic E-state index is 13.4. The van der Waals surface area contributed by atoms with Crippen LogP contribution in [0.5, 0.6) is 0 Å². The highest BCUT2D eigenvalue weighted by molar-refractivity contribution is 7.15. The first kappa shape index (κ1) is 16.2. The molecule has 1 fully saturated rings. The van der Waals surface area contributed by atoms with Crippen molar-refractivity contribution in [3.63, 3.8) is 0 Å². The Morgan fingerprint density at radius 2 is 2.32 bits per heavy atom. The van der Waals surface area contributed by atoms with Crippen LogP contribution in [0.15, 0.2) is 30.5 Å². The maximum Gasteiger partial charge on any atom is 0.227 e. The number of rotatable bonds is 5. The monoisotopic (exact) mass is 360 g/mol. The van der Waals surface area contributed by atoms with Crippen molar-refractivity contribution in [3.05, 3.63) is 41.3 Å². The fourth-order valence-corrected chi connectivity index (χ4v) is 3.79. The summed E-state index contributed by atoms with van der Waals surface area (Å²) in [5.74, 6) is -0.430. The molecule has 0 unspecified atom stereocenters. The molecule has 1 N–H and O–H groups in total. The fraction of sp³-hybridized carbons (Fsp3) is 0.353. The molecule has 1 aliphatic rings. The van der Waals surface area contributed by atoms with Crippen molar-refractivity contribution in [1.29, 1.82) is 0 Å². The van der Waals surface area contributed by atoms with E-state index in [2.05, 4.69) is 15.5 Å². The third kappa shape index (κ3) is 3.54. The first-order chi connectivity index (χ1) is 12.2. The molecule has 1 amide bonds. The molecule has 3 heterocycles. The van der Waals surface area contributed by atoms with Gasteiger partial charge < -0.3 is 14.6 Å². The average molecular weight is 360 g/mol. The zero-order chi connectivity index (χ0) is 17.2. The highest BCUT2D eigenvalue weighted by Crippen LogP contribution is 2.31. The van der Waals surface area contributed by atoms with Crippen molar-refractivity contribution in [3.8, 4) is 0 Å². The summed E-state index contributed by atoms with van der Waals surface area (Å²) in [7, 11) is 0. The van der Waals surface area contributed by atoms with Crippen LogP contribution in [0.25, 0.3) is 10.9 Å². The molecule has 2 aromatic heterocycles. The molecule has 0 spiro atoms. The number of fused-ring (bicyclic) bond motifs is 1. The lowest BCUT2D eigenvalue weighted by molar-refractivity contribution is -0.116. The number of aromatic nitrogens is 3. The lowest BCUT2D eigenvalue weighted by Crippen LogP contribution is -2.14. The van der Waals surface area contributed by atoms with E-state index in [1.54, 1.807) is 6.07 Å². The van der Waals surface area contributed by atoms with E-state index in [-0.39, 0.29) is 24.2 Å². The van der Waals surface area contributed by atoms with Gasteiger partial charge in [-0.25, -0.2) is 4.39 Å². The van der Waals surface area contributed by atoms with Crippen molar-refractivity contribution in [2.24, 2.45) is 0 Å². The largest absolute Gasteiger partial charge is 0.371 e. The number of nitrogens with one attached hydrogen (secondary N) is 1. The summed E-state index contributed by atoms with van der Waals surface area (Å²) in [6, 6.07) is 6.55. The summed E-state index contributed by atoms with van der Waals surface area (Å²) in [5, 5.41) is 13.1. The Labute approximate surface area is 147 Å². The summed E-state index contributed by atoms with van der Waals surface area (Å²) < 4.78 is 20.8. The second-order valence-electron chi connectivity index (χ2n) is 5.96. The van der Waals surface area contributed by atoms with E-state index < -0.39 is 0 Å². The summed E-state index contributed by atoms with van der Waals surface area (Å²) in [6.07, 6.45) is 4.11. The van der Waals surface area contributed by atoms with E-state index in [1.807, 2.05) is 16.8 Å². The number of carbonyl (C=O) groups excluding carboxylic acids is 1. The Kier molecular flexibility index (Phi) is 4.46. The molecule has 0 radical (unpaired) electrons. The van der Waals surface area contributed by atoms with Crippen molar-refractivity contribution in [2.45, 2.75) is 31.9 Å². The van der Waals surface area contributed by atoms with Crippen LogP contribution < -0.4 is 5.32 Å². The van der Waals surface area contributed by atoms with Gasteiger partial charge in [-0.2, -0.15) is 0 Å². The van der Waals surface area contributed by atoms with Gasteiger partial charge in [0, 0.05) is 25.8 Å². The van der Waals surface area contributed by atoms with Crippen LogP contribution in [0.1, 0.15) is 30.4 Å². The molecule has 130 valence electrons. The molecule has 1 aromatic carbocycles. The van der Waals surface area contributed by atoms with Crippen molar-refractivity contribution >= 4 is 33.3 Å². The van der Waals surface area contributed by atoms with Crippen LogP contribution in [0.4, 0.5) is 9.52 Å². The molecular formula is C17H17FN4O2S. The van der Waals surface area contributed by atoms with Crippen molar-refractivity contribution in [1.82, 2.24) is 14.8 Å². The van der Waals surface area contributed by atoms with Crippen LogP contribution in [0.3, 0.4) is 0 Å². The minimum atomic E-state index is -0.285. The zero-order valence-electron chi connectivity index (χ0n) is 13.4. The Hall–Kier alpha value is -2.32. The number of carbonyl (C=O) groups is 1. The van der Waals surface area contributed by atoms with Gasteiger partial charge in [0.15, 0.2) is 0 Å². The van der Waals surface area contributed by atoms with E-state index in [0.717, 1.165) is 35.4 Å². The van der Waals surface area contributed by atoms with Crippen molar-refractivity contribution < 1.29 is 13.9 Å². The first-order valence-electron chi connectivity index (χ1n) is 8.18. The molecule has 1 saturated heterocycles. The SMILES string of the molecule is O=C(CCn1ccc2ccc(F)cc21)Nc1nnc([C@H]2CCCO2)s1. The van der Waals surface area contributed by atoms with Gasteiger partial charge in [-0.3, -0.25) is 4.79 Å². The molecule has 0 bridgehead atoms. The quantitative estimate of drug-likeness (QED) is 0.756. The molecule has 0 aliphatic carbocycles. The van der Waals surface area contributed by atoms with Gasteiger partial charge in [-0.15, -0.1) is 10.2 Å². The third-order valence-corrected chi connectivity index (χ3v) is 5.14. The van der Waals surface area contributed by atoms with E-state index in [4.69, 9.17) is 4.74 Å². The Bertz CT molecular complexity index is 901. The highest BCUT2D eigenvalue weighted by atomic mass is 32.1. The standard InChI is InChI=1S/C17H17FN4O2S/c18-12-4-3-11-5-7-22(13(11)10-12)8-6-15(23)19-17-21-20-16(25-17)14-2-1-9-24-14/h3-5,7,10,14H,1-2,6,8-9H2,(H,19,21,23)/t14-/m1/s1. The predicted molar refractivity (Wildman–Crippen MR) is 93.0 cm³/mol. The number of halogens is 1. The smallest absolute Gasteiger partial charge is 0.227 e. The van der Waals surface area contributed by atoms with Gasteiger partial charge in [0.05, 0.1) is 5.52 Å². The van der Waals surface area contributed by atoms with Gasteiger partial charge in [0.25, 0.3) is 0 Å². The van der Waals surface area contributed by atoms with Gasteiger partial charge in [-0.1, -0.05) is 11.3 Å². The summed E-state index contributed by atoms with van der Waals surface area (Å²) in [4.78, 5) is 12.2. The number of benzene rings is 1. The lowest BCUT2D eigenvalue weighted by Gasteiger charge is -2.05. The zero-order valence-corrected chi connectivity index (χ0v) is 14.3. The lowest BCUT2D eigenvalue weighted by atomic mass is 10.2. The number of anilines is 1. The van der Waals surface area contributed by atoms with E-state index in [1.165, 1.54) is 23.5 Å². The average Bonchev–Trinajstić information content (AvgIpc) is 3.33.